The third-order valence-electron chi connectivity index (χ3n) is 3.34. The van der Waals surface area contributed by atoms with E-state index in [9.17, 15) is 4.79 Å². The number of rotatable bonds is 2. The van der Waals surface area contributed by atoms with Crippen LogP contribution in [0.1, 0.15) is 26.0 Å². The van der Waals surface area contributed by atoms with E-state index in [1.807, 2.05) is 6.92 Å². The highest BCUT2D eigenvalue weighted by Gasteiger charge is 2.50. The average molecular weight is 222 g/mol. The zero-order valence-electron chi connectivity index (χ0n) is 10.2. The number of amides is 1. The number of aryl methyl sites for hydroxylation is 2. The van der Waals surface area contributed by atoms with Crippen LogP contribution in [0, 0.1) is 18.3 Å². The monoisotopic (exact) mass is 222 g/mol. The average Bonchev–Trinajstić information content (AvgIpc) is 2.75. The number of hydrogen-bond donors (Lipinski definition) is 2. The zero-order chi connectivity index (χ0) is 12.1. The molecule has 0 radical (unpaired) electrons. The first kappa shape index (κ1) is 11.0. The molecule has 1 amide bonds. The molecule has 1 fully saturated rings. The van der Waals surface area contributed by atoms with Gasteiger partial charge in [-0.1, -0.05) is 13.8 Å². The molecule has 5 nitrogen and oxygen atoms in total. The van der Waals surface area contributed by atoms with Crippen LogP contribution in [-0.4, -0.2) is 15.7 Å². The van der Waals surface area contributed by atoms with Gasteiger partial charge < -0.3 is 11.1 Å². The van der Waals surface area contributed by atoms with Gasteiger partial charge in [0.25, 0.3) is 0 Å². The maximum Gasteiger partial charge on any atom is 0.229 e. The van der Waals surface area contributed by atoms with Crippen molar-refractivity contribution in [3.05, 3.63) is 5.69 Å². The van der Waals surface area contributed by atoms with Crippen molar-refractivity contribution in [3.63, 3.8) is 0 Å². The predicted molar refractivity (Wildman–Crippen MR) is 62.9 cm³/mol. The Balaban J connectivity index is 2.13. The summed E-state index contributed by atoms with van der Waals surface area (Å²) >= 11 is 0. The lowest BCUT2D eigenvalue weighted by atomic mass is 10.1. The summed E-state index contributed by atoms with van der Waals surface area (Å²) in [6, 6.07) is 0. The topological polar surface area (TPSA) is 72.9 Å². The number of carbonyl (C=O) groups excluding carboxylic acids is 1. The minimum absolute atomic E-state index is 0.0414. The molecule has 2 rings (SSSR count). The Morgan fingerprint density at radius 1 is 1.62 bits per heavy atom. The lowest BCUT2D eigenvalue weighted by Gasteiger charge is -2.07. The van der Waals surface area contributed by atoms with Gasteiger partial charge in [-0.15, -0.1) is 0 Å². The molecule has 1 aliphatic carbocycles. The van der Waals surface area contributed by atoms with Crippen molar-refractivity contribution < 1.29 is 4.79 Å². The standard InChI is InChI=1S/C11H18N4O/c1-6-8(12)9(15(4)14-6)13-10(16)7-5-11(7,2)3/h7H,5,12H2,1-4H3,(H,13,16). The number of carbonyl (C=O) groups is 1. The Hall–Kier alpha value is -1.52. The Bertz CT molecular complexity index is 447. The fourth-order valence-electron chi connectivity index (χ4n) is 1.94. The smallest absolute Gasteiger partial charge is 0.229 e. The van der Waals surface area contributed by atoms with Gasteiger partial charge in [0.1, 0.15) is 0 Å². The van der Waals surface area contributed by atoms with Crippen LogP contribution in [0.3, 0.4) is 0 Å². The van der Waals surface area contributed by atoms with Gasteiger partial charge in [-0.3, -0.25) is 9.48 Å². The highest BCUT2D eigenvalue weighted by atomic mass is 16.2. The minimum atomic E-state index is 0.0414. The molecule has 16 heavy (non-hydrogen) atoms. The molecule has 0 saturated heterocycles. The molecule has 0 bridgehead atoms. The number of nitrogens with two attached hydrogens (primary N) is 1. The number of nitrogen functional groups attached to an aromatic ring is 1. The maximum absolute atomic E-state index is 11.9. The summed E-state index contributed by atoms with van der Waals surface area (Å²) in [5.74, 6) is 0.743. The predicted octanol–water partition coefficient (Wildman–Crippen LogP) is 1.30. The van der Waals surface area contributed by atoms with E-state index in [4.69, 9.17) is 5.73 Å². The van der Waals surface area contributed by atoms with Crippen molar-refractivity contribution in [3.8, 4) is 0 Å². The molecule has 1 heterocycles. The lowest BCUT2D eigenvalue weighted by molar-refractivity contribution is -0.118. The quantitative estimate of drug-likeness (QED) is 0.792. The van der Waals surface area contributed by atoms with E-state index in [0.717, 1.165) is 12.1 Å². The van der Waals surface area contributed by atoms with Crippen LogP contribution in [0.4, 0.5) is 11.5 Å². The van der Waals surface area contributed by atoms with Crippen molar-refractivity contribution in [2.75, 3.05) is 11.1 Å². The van der Waals surface area contributed by atoms with Crippen molar-refractivity contribution in [2.45, 2.75) is 27.2 Å². The van der Waals surface area contributed by atoms with Gasteiger partial charge in [0.2, 0.25) is 5.91 Å². The minimum Gasteiger partial charge on any atom is -0.394 e. The number of nitrogens with one attached hydrogen (secondary N) is 1. The first-order chi connectivity index (χ1) is 7.33. The lowest BCUT2D eigenvalue weighted by Crippen LogP contribution is -2.19. The van der Waals surface area contributed by atoms with Crippen molar-refractivity contribution in [1.82, 2.24) is 9.78 Å². The van der Waals surface area contributed by atoms with Crippen LogP contribution in [0.25, 0.3) is 0 Å². The van der Waals surface area contributed by atoms with E-state index in [1.165, 1.54) is 0 Å². The third kappa shape index (κ3) is 1.66. The number of anilines is 2. The highest BCUT2D eigenvalue weighted by molar-refractivity contribution is 5.96. The van der Waals surface area contributed by atoms with E-state index in [0.29, 0.717) is 11.5 Å². The second-order valence-electron chi connectivity index (χ2n) is 5.21. The van der Waals surface area contributed by atoms with Gasteiger partial charge in [0, 0.05) is 13.0 Å². The molecule has 3 N–H and O–H groups in total. The molecule has 0 aliphatic heterocycles. The van der Waals surface area contributed by atoms with Gasteiger partial charge in [-0.25, -0.2) is 0 Å². The highest BCUT2D eigenvalue weighted by Crippen LogP contribution is 2.52. The fourth-order valence-corrected chi connectivity index (χ4v) is 1.94. The summed E-state index contributed by atoms with van der Waals surface area (Å²) in [6.07, 6.45) is 0.940. The van der Waals surface area contributed by atoms with Crippen LogP contribution in [0.2, 0.25) is 0 Å². The first-order valence-corrected chi connectivity index (χ1v) is 5.43. The Labute approximate surface area is 95.0 Å². The second-order valence-corrected chi connectivity index (χ2v) is 5.21. The molecular weight excluding hydrogens is 204 g/mol. The van der Waals surface area contributed by atoms with Gasteiger partial charge in [-0.05, 0) is 18.8 Å². The summed E-state index contributed by atoms with van der Waals surface area (Å²) in [7, 11) is 1.77. The number of nitrogens with zero attached hydrogens (tertiary/aromatic N) is 2. The Morgan fingerprint density at radius 2 is 2.19 bits per heavy atom. The van der Waals surface area contributed by atoms with Gasteiger partial charge in [-0.2, -0.15) is 5.10 Å². The zero-order valence-corrected chi connectivity index (χ0v) is 10.2. The summed E-state index contributed by atoms with van der Waals surface area (Å²) in [5, 5.41) is 7.01. The second kappa shape index (κ2) is 3.23. The maximum atomic E-state index is 11.9. The molecule has 1 aromatic heterocycles. The molecule has 1 aliphatic rings. The third-order valence-corrected chi connectivity index (χ3v) is 3.34. The van der Waals surface area contributed by atoms with Gasteiger partial charge >= 0.3 is 0 Å². The summed E-state index contributed by atoms with van der Waals surface area (Å²) in [4.78, 5) is 11.9. The van der Waals surface area contributed by atoms with Crippen LogP contribution in [-0.2, 0) is 11.8 Å². The van der Waals surface area contributed by atoms with Crippen molar-refractivity contribution >= 4 is 17.4 Å². The van der Waals surface area contributed by atoms with Crippen molar-refractivity contribution in [1.29, 1.82) is 0 Å². The van der Waals surface area contributed by atoms with Crippen molar-refractivity contribution in [2.24, 2.45) is 18.4 Å². The first-order valence-electron chi connectivity index (χ1n) is 5.43. The van der Waals surface area contributed by atoms with Gasteiger partial charge in [0.05, 0.1) is 11.4 Å². The molecule has 0 spiro atoms. The molecule has 1 saturated carbocycles. The molecular formula is C11H18N4O. The number of hydrogen-bond acceptors (Lipinski definition) is 3. The Kier molecular flexibility index (Phi) is 2.22. The molecule has 5 heteroatoms. The van der Waals surface area contributed by atoms with E-state index >= 15 is 0 Å². The SMILES string of the molecule is Cc1nn(C)c(NC(=O)C2CC2(C)C)c1N. The summed E-state index contributed by atoms with van der Waals surface area (Å²) in [6.45, 7) is 6.01. The van der Waals surface area contributed by atoms with E-state index in [-0.39, 0.29) is 17.2 Å². The molecule has 0 aromatic carbocycles. The van der Waals surface area contributed by atoms with Crippen LogP contribution < -0.4 is 11.1 Å². The molecule has 1 aromatic rings. The van der Waals surface area contributed by atoms with E-state index in [2.05, 4.69) is 24.3 Å². The Morgan fingerprint density at radius 3 is 2.56 bits per heavy atom. The van der Waals surface area contributed by atoms with Crippen LogP contribution >= 0.6 is 0 Å². The van der Waals surface area contributed by atoms with Gasteiger partial charge in [0.15, 0.2) is 5.82 Å². The summed E-state index contributed by atoms with van der Waals surface area (Å²) in [5.41, 5.74) is 7.27. The fraction of sp³-hybridized carbons (Fsp3) is 0.636. The van der Waals surface area contributed by atoms with E-state index in [1.54, 1.807) is 11.7 Å². The van der Waals surface area contributed by atoms with E-state index < -0.39 is 0 Å². The largest absolute Gasteiger partial charge is 0.394 e. The van der Waals surface area contributed by atoms with Crippen LogP contribution in [0.15, 0.2) is 0 Å². The molecule has 88 valence electrons. The van der Waals surface area contributed by atoms with Crippen LogP contribution in [0.5, 0.6) is 0 Å². The molecule has 1 unspecified atom stereocenters. The number of aromatic nitrogens is 2. The summed E-state index contributed by atoms with van der Waals surface area (Å²) < 4.78 is 1.61. The molecule has 1 atom stereocenters. The normalized spacial score (nSPS) is 21.9.